The van der Waals surface area contributed by atoms with Gasteiger partial charge in [-0.25, -0.2) is 9.96 Å². The topological polar surface area (TPSA) is 59.1 Å². The van der Waals surface area contributed by atoms with Gasteiger partial charge in [-0.2, -0.15) is 0 Å². The minimum absolute atomic E-state index is 0.267. The normalized spacial score (nSPS) is 21.9. The van der Waals surface area contributed by atoms with Crippen LogP contribution in [0.25, 0.3) is 10.8 Å². The Morgan fingerprint density at radius 1 is 0.735 bits per heavy atom. The number of rotatable bonds is 4. The first kappa shape index (κ1) is 20.4. The zero-order valence-electron chi connectivity index (χ0n) is 18.5. The van der Waals surface area contributed by atoms with Crippen molar-refractivity contribution >= 4 is 34.0 Å². The second-order valence-corrected chi connectivity index (χ2v) is 8.48. The van der Waals surface area contributed by atoms with E-state index in [-0.39, 0.29) is 11.8 Å². The Bertz CT molecular complexity index is 1400. The number of fused-ring (bicyclic) bond motifs is 2. The van der Waals surface area contributed by atoms with Crippen molar-refractivity contribution in [1.82, 2.24) is 0 Å². The van der Waals surface area contributed by atoms with Crippen LogP contribution in [0.3, 0.4) is 0 Å². The molecule has 0 N–H and O–H groups in total. The van der Waals surface area contributed by atoms with E-state index in [0.717, 1.165) is 22.0 Å². The Balaban J connectivity index is 1.44. The molecule has 2 amide bonds. The van der Waals surface area contributed by atoms with E-state index in [4.69, 9.17) is 9.57 Å². The average Bonchev–Trinajstić information content (AvgIpc) is 3.40. The molecule has 2 heterocycles. The number of carbonyl (C=O) groups is 2. The summed E-state index contributed by atoms with van der Waals surface area (Å²) in [6.07, 6.45) is -0.907. The van der Waals surface area contributed by atoms with Crippen LogP contribution >= 0.6 is 0 Å². The number of methoxy groups -OCH3 is 1. The highest BCUT2D eigenvalue weighted by Crippen LogP contribution is 2.48. The summed E-state index contributed by atoms with van der Waals surface area (Å²) in [6.45, 7) is 0. The van der Waals surface area contributed by atoms with Gasteiger partial charge < -0.3 is 4.74 Å². The molecule has 6 nitrogen and oxygen atoms in total. The molecule has 0 radical (unpaired) electrons. The van der Waals surface area contributed by atoms with Crippen LogP contribution in [-0.2, 0) is 14.4 Å². The predicted molar refractivity (Wildman–Crippen MR) is 129 cm³/mol. The van der Waals surface area contributed by atoms with Crippen LogP contribution in [0.15, 0.2) is 97.1 Å². The summed E-state index contributed by atoms with van der Waals surface area (Å²) < 4.78 is 5.42. The Kier molecular flexibility index (Phi) is 4.81. The summed E-state index contributed by atoms with van der Waals surface area (Å²) in [5, 5.41) is 3.71. The number of imide groups is 1. The molecule has 4 aromatic rings. The second kappa shape index (κ2) is 8.01. The smallest absolute Gasteiger partial charge is 0.266 e. The molecule has 0 bridgehead atoms. The van der Waals surface area contributed by atoms with Crippen molar-refractivity contribution in [3.05, 3.63) is 103 Å². The van der Waals surface area contributed by atoms with Gasteiger partial charge in [0.1, 0.15) is 11.7 Å². The lowest BCUT2D eigenvalue weighted by molar-refractivity contribution is -0.126. The van der Waals surface area contributed by atoms with Crippen LogP contribution in [0, 0.1) is 5.92 Å². The maximum Gasteiger partial charge on any atom is 0.266 e. The molecular formula is C28H22N2O4. The molecule has 0 aliphatic carbocycles. The molecule has 34 heavy (non-hydrogen) atoms. The molecule has 2 aliphatic heterocycles. The number of nitrogens with zero attached hydrogens (tertiary/aromatic N) is 2. The van der Waals surface area contributed by atoms with Gasteiger partial charge >= 0.3 is 0 Å². The Morgan fingerprint density at radius 3 is 2.29 bits per heavy atom. The van der Waals surface area contributed by atoms with Gasteiger partial charge in [0.25, 0.3) is 5.91 Å². The van der Waals surface area contributed by atoms with Crippen LogP contribution in [0.4, 0.5) is 11.4 Å². The zero-order chi connectivity index (χ0) is 23.2. The SMILES string of the molecule is COc1cccc([C@H]2[C@H]3C(=O)N(c4ccc5ccccc5c4)C(=O)[C@@H]3ON2c2ccccc2)c1. The number of benzene rings is 4. The molecular weight excluding hydrogens is 428 g/mol. The Morgan fingerprint density at radius 2 is 1.50 bits per heavy atom. The molecule has 4 aromatic carbocycles. The van der Waals surface area contributed by atoms with Gasteiger partial charge in [-0.15, -0.1) is 0 Å². The van der Waals surface area contributed by atoms with Gasteiger partial charge in [0.2, 0.25) is 5.91 Å². The minimum Gasteiger partial charge on any atom is -0.497 e. The van der Waals surface area contributed by atoms with E-state index in [2.05, 4.69) is 0 Å². The van der Waals surface area contributed by atoms with Crippen molar-refractivity contribution in [2.75, 3.05) is 17.1 Å². The number of anilines is 2. The van der Waals surface area contributed by atoms with Crippen molar-refractivity contribution in [1.29, 1.82) is 0 Å². The fraction of sp³-hybridized carbons (Fsp3) is 0.143. The van der Waals surface area contributed by atoms with Crippen molar-refractivity contribution < 1.29 is 19.2 Å². The zero-order valence-corrected chi connectivity index (χ0v) is 18.5. The quantitative estimate of drug-likeness (QED) is 0.414. The summed E-state index contributed by atoms with van der Waals surface area (Å²) in [6, 6.07) is 30.1. The largest absolute Gasteiger partial charge is 0.497 e. The van der Waals surface area contributed by atoms with Gasteiger partial charge in [0, 0.05) is 0 Å². The first-order valence-electron chi connectivity index (χ1n) is 11.2. The fourth-order valence-electron chi connectivity index (χ4n) is 4.95. The third kappa shape index (κ3) is 3.15. The molecule has 2 fully saturated rings. The van der Waals surface area contributed by atoms with Crippen LogP contribution < -0.4 is 14.7 Å². The van der Waals surface area contributed by atoms with E-state index in [1.165, 1.54) is 4.90 Å². The molecule has 0 unspecified atom stereocenters. The number of amides is 2. The highest BCUT2D eigenvalue weighted by atomic mass is 16.7. The maximum atomic E-state index is 13.8. The molecule has 6 heteroatoms. The fourth-order valence-corrected chi connectivity index (χ4v) is 4.95. The Hall–Kier alpha value is -4.16. The molecule has 6 rings (SSSR count). The number of ether oxygens (including phenoxy) is 1. The van der Waals surface area contributed by atoms with E-state index < -0.39 is 18.1 Å². The van der Waals surface area contributed by atoms with Crippen LogP contribution in [0.2, 0.25) is 0 Å². The number of hydrogen-bond acceptors (Lipinski definition) is 5. The minimum atomic E-state index is -0.907. The molecule has 168 valence electrons. The van der Waals surface area contributed by atoms with E-state index in [0.29, 0.717) is 11.4 Å². The second-order valence-electron chi connectivity index (χ2n) is 8.48. The van der Waals surface area contributed by atoms with Crippen molar-refractivity contribution in [2.45, 2.75) is 12.1 Å². The highest BCUT2D eigenvalue weighted by molar-refractivity contribution is 6.24. The van der Waals surface area contributed by atoms with Crippen molar-refractivity contribution in [3.8, 4) is 5.75 Å². The van der Waals surface area contributed by atoms with Gasteiger partial charge in [-0.3, -0.25) is 14.4 Å². The van der Waals surface area contributed by atoms with Gasteiger partial charge in [0.15, 0.2) is 6.10 Å². The van der Waals surface area contributed by atoms with E-state index in [9.17, 15) is 9.59 Å². The summed E-state index contributed by atoms with van der Waals surface area (Å²) >= 11 is 0. The summed E-state index contributed by atoms with van der Waals surface area (Å²) in [5.41, 5.74) is 2.18. The van der Waals surface area contributed by atoms with Gasteiger partial charge in [-0.05, 0) is 52.7 Å². The lowest BCUT2D eigenvalue weighted by atomic mass is 9.90. The summed E-state index contributed by atoms with van der Waals surface area (Å²) in [4.78, 5) is 34.8. The lowest BCUT2D eigenvalue weighted by Crippen LogP contribution is -2.37. The van der Waals surface area contributed by atoms with Gasteiger partial charge in [0.05, 0.1) is 24.5 Å². The first-order chi connectivity index (χ1) is 16.7. The number of para-hydroxylation sites is 1. The van der Waals surface area contributed by atoms with E-state index in [1.807, 2.05) is 97.1 Å². The third-order valence-corrected chi connectivity index (χ3v) is 6.55. The molecule has 3 atom stereocenters. The van der Waals surface area contributed by atoms with Crippen molar-refractivity contribution in [3.63, 3.8) is 0 Å². The van der Waals surface area contributed by atoms with Crippen LogP contribution in [0.1, 0.15) is 11.6 Å². The van der Waals surface area contributed by atoms with E-state index >= 15 is 0 Å². The molecule has 0 saturated carbocycles. The molecule has 0 aromatic heterocycles. The van der Waals surface area contributed by atoms with Crippen LogP contribution in [0.5, 0.6) is 5.75 Å². The molecule has 2 saturated heterocycles. The van der Waals surface area contributed by atoms with Gasteiger partial charge in [-0.1, -0.05) is 60.7 Å². The summed E-state index contributed by atoms with van der Waals surface area (Å²) in [7, 11) is 1.60. The average molecular weight is 450 g/mol. The van der Waals surface area contributed by atoms with Crippen LogP contribution in [-0.4, -0.2) is 25.0 Å². The monoisotopic (exact) mass is 450 g/mol. The maximum absolute atomic E-state index is 13.8. The lowest BCUT2D eigenvalue weighted by Gasteiger charge is -2.29. The summed E-state index contributed by atoms with van der Waals surface area (Å²) in [5.74, 6) is -0.628. The van der Waals surface area contributed by atoms with E-state index in [1.54, 1.807) is 12.2 Å². The molecule has 0 spiro atoms. The number of hydroxylamine groups is 1. The number of hydrogen-bond donors (Lipinski definition) is 0. The highest BCUT2D eigenvalue weighted by Gasteiger charge is 2.60. The molecule has 2 aliphatic rings. The number of carbonyl (C=O) groups excluding carboxylic acids is 2. The Labute approximate surface area is 196 Å². The standard InChI is InChI=1S/C28H22N2O4/c1-33-23-13-7-10-20(17-23)25-24-26(34-30(25)21-11-3-2-4-12-21)28(32)29(27(24)31)22-15-14-18-8-5-6-9-19(18)16-22/h2-17,24-26H,1H3/t24-,25+,26-/m1/s1. The predicted octanol–water partition coefficient (Wildman–Crippen LogP) is 4.90. The first-order valence-corrected chi connectivity index (χ1v) is 11.2. The third-order valence-electron chi connectivity index (χ3n) is 6.55. The van der Waals surface area contributed by atoms with Crippen molar-refractivity contribution in [2.24, 2.45) is 5.92 Å².